The van der Waals surface area contributed by atoms with Gasteiger partial charge in [-0.25, -0.2) is 4.98 Å². The van der Waals surface area contributed by atoms with Crippen molar-refractivity contribution in [3.8, 4) is 0 Å². The van der Waals surface area contributed by atoms with Crippen molar-refractivity contribution in [1.82, 2.24) is 9.88 Å². The Bertz CT molecular complexity index is 397. The SMILES string of the molecule is CC[C@H](N)c1cnc(N2CCN(C)CC2)c(C)c1. The van der Waals surface area contributed by atoms with E-state index in [0.717, 1.165) is 44.0 Å². The highest BCUT2D eigenvalue weighted by Gasteiger charge is 2.17. The minimum atomic E-state index is 0.109. The predicted octanol–water partition coefficient (Wildman–Crippen LogP) is 1.55. The number of nitrogens with zero attached hydrogens (tertiary/aromatic N) is 3. The van der Waals surface area contributed by atoms with Gasteiger partial charge in [-0.1, -0.05) is 6.92 Å². The Morgan fingerprint density at radius 3 is 2.56 bits per heavy atom. The number of hydrogen-bond acceptors (Lipinski definition) is 4. The zero-order valence-corrected chi connectivity index (χ0v) is 11.7. The quantitative estimate of drug-likeness (QED) is 0.881. The van der Waals surface area contributed by atoms with Crippen molar-refractivity contribution in [3.63, 3.8) is 0 Å². The standard InChI is InChI=1S/C14H24N4/c1-4-13(15)12-9-11(2)14(16-10-12)18-7-5-17(3)6-8-18/h9-10,13H,4-8,15H2,1-3H3/t13-/m0/s1. The second-order valence-corrected chi connectivity index (χ2v) is 5.21. The minimum absolute atomic E-state index is 0.109. The Morgan fingerprint density at radius 2 is 2.00 bits per heavy atom. The molecule has 4 heteroatoms. The van der Waals surface area contributed by atoms with E-state index in [9.17, 15) is 0 Å². The minimum Gasteiger partial charge on any atom is -0.354 e. The summed E-state index contributed by atoms with van der Waals surface area (Å²) in [6.45, 7) is 8.57. The molecule has 1 saturated heterocycles. The van der Waals surface area contributed by atoms with Crippen molar-refractivity contribution in [2.45, 2.75) is 26.3 Å². The average Bonchev–Trinajstić information content (AvgIpc) is 2.39. The molecule has 0 saturated carbocycles. The van der Waals surface area contributed by atoms with Crippen LogP contribution in [-0.4, -0.2) is 43.1 Å². The lowest BCUT2D eigenvalue weighted by atomic mass is 10.1. The van der Waals surface area contributed by atoms with Gasteiger partial charge in [0.15, 0.2) is 0 Å². The third-order valence-electron chi connectivity index (χ3n) is 3.74. The van der Waals surface area contributed by atoms with E-state index in [1.807, 2.05) is 6.20 Å². The van der Waals surface area contributed by atoms with Gasteiger partial charge in [0.2, 0.25) is 0 Å². The molecule has 1 aromatic heterocycles. The van der Waals surface area contributed by atoms with Crippen LogP contribution < -0.4 is 10.6 Å². The molecule has 0 aliphatic carbocycles. The van der Waals surface area contributed by atoms with Crippen molar-refractivity contribution in [3.05, 3.63) is 23.4 Å². The maximum absolute atomic E-state index is 6.05. The number of piperazine rings is 1. The molecule has 0 amide bonds. The first kappa shape index (κ1) is 13.3. The fourth-order valence-corrected chi connectivity index (χ4v) is 2.38. The smallest absolute Gasteiger partial charge is 0.131 e. The summed E-state index contributed by atoms with van der Waals surface area (Å²) in [5.41, 5.74) is 8.43. The van der Waals surface area contributed by atoms with Crippen LogP contribution in [-0.2, 0) is 0 Å². The Balaban J connectivity index is 2.14. The molecule has 2 N–H and O–H groups in total. The second-order valence-electron chi connectivity index (χ2n) is 5.21. The molecule has 4 nitrogen and oxygen atoms in total. The lowest BCUT2D eigenvalue weighted by Gasteiger charge is -2.34. The van der Waals surface area contributed by atoms with Crippen LogP contribution in [0.4, 0.5) is 5.82 Å². The van der Waals surface area contributed by atoms with Gasteiger partial charge in [0.1, 0.15) is 5.82 Å². The van der Waals surface area contributed by atoms with Crippen LogP contribution in [0.5, 0.6) is 0 Å². The molecule has 0 aromatic carbocycles. The molecule has 1 aliphatic heterocycles. The molecule has 0 radical (unpaired) electrons. The third kappa shape index (κ3) is 2.82. The Hall–Kier alpha value is -1.13. The summed E-state index contributed by atoms with van der Waals surface area (Å²) >= 11 is 0. The average molecular weight is 248 g/mol. The Labute approximate surface area is 110 Å². The van der Waals surface area contributed by atoms with Gasteiger partial charge in [-0.05, 0) is 37.6 Å². The molecule has 1 fully saturated rings. The van der Waals surface area contributed by atoms with Crippen LogP contribution in [0.15, 0.2) is 12.3 Å². The maximum Gasteiger partial charge on any atom is 0.131 e. The summed E-state index contributed by atoms with van der Waals surface area (Å²) in [5.74, 6) is 1.12. The normalized spacial score (nSPS) is 19.0. The first-order valence-corrected chi connectivity index (χ1v) is 6.77. The molecular formula is C14H24N4. The number of anilines is 1. The molecule has 0 bridgehead atoms. The molecule has 1 atom stereocenters. The van der Waals surface area contributed by atoms with Gasteiger partial charge in [0.05, 0.1) is 0 Å². The van der Waals surface area contributed by atoms with Crippen LogP contribution in [0.1, 0.15) is 30.5 Å². The molecule has 2 heterocycles. The van der Waals surface area contributed by atoms with Gasteiger partial charge < -0.3 is 15.5 Å². The topological polar surface area (TPSA) is 45.4 Å². The van der Waals surface area contributed by atoms with E-state index in [4.69, 9.17) is 5.73 Å². The van der Waals surface area contributed by atoms with Gasteiger partial charge in [0, 0.05) is 38.4 Å². The molecular weight excluding hydrogens is 224 g/mol. The van der Waals surface area contributed by atoms with Crippen LogP contribution in [0.25, 0.3) is 0 Å². The highest BCUT2D eigenvalue weighted by Crippen LogP contribution is 2.22. The van der Waals surface area contributed by atoms with E-state index in [1.165, 1.54) is 5.56 Å². The zero-order valence-electron chi connectivity index (χ0n) is 11.7. The summed E-state index contributed by atoms with van der Waals surface area (Å²) in [7, 11) is 2.17. The van der Waals surface area contributed by atoms with Crippen molar-refractivity contribution in [2.75, 3.05) is 38.1 Å². The number of aryl methyl sites for hydroxylation is 1. The number of rotatable bonds is 3. The summed E-state index contributed by atoms with van der Waals surface area (Å²) < 4.78 is 0. The second kappa shape index (κ2) is 5.67. The summed E-state index contributed by atoms with van der Waals surface area (Å²) in [6.07, 6.45) is 2.89. The number of aromatic nitrogens is 1. The lowest BCUT2D eigenvalue weighted by molar-refractivity contribution is 0.312. The summed E-state index contributed by atoms with van der Waals surface area (Å²) in [6, 6.07) is 2.30. The highest BCUT2D eigenvalue weighted by molar-refractivity contribution is 5.48. The lowest BCUT2D eigenvalue weighted by Crippen LogP contribution is -2.45. The van der Waals surface area contributed by atoms with Crippen molar-refractivity contribution < 1.29 is 0 Å². The molecule has 100 valence electrons. The van der Waals surface area contributed by atoms with Crippen LogP contribution in [0.2, 0.25) is 0 Å². The van der Waals surface area contributed by atoms with Gasteiger partial charge in [-0.2, -0.15) is 0 Å². The fourth-order valence-electron chi connectivity index (χ4n) is 2.38. The number of nitrogens with two attached hydrogens (primary N) is 1. The first-order chi connectivity index (χ1) is 8.61. The molecule has 1 aliphatic rings. The van der Waals surface area contributed by atoms with E-state index < -0.39 is 0 Å². The van der Waals surface area contributed by atoms with E-state index in [1.54, 1.807) is 0 Å². The predicted molar refractivity (Wildman–Crippen MR) is 75.9 cm³/mol. The summed E-state index contributed by atoms with van der Waals surface area (Å²) in [4.78, 5) is 9.35. The van der Waals surface area contributed by atoms with E-state index in [2.05, 4.69) is 41.7 Å². The van der Waals surface area contributed by atoms with Crippen molar-refractivity contribution in [2.24, 2.45) is 5.73 Å². The van der Waals surface area contributed by atoms with E-state index >= 15 is 0 Å². The molecule has 1 aromatic rings. The zero-order chi connectivity index (χ0) is 13.1. The maximum atomic E-state index is 6.05. The number of pyridine rings is 1. The van der Waals surface area contributed by atoms with Crippen molar-refractivity contribution >= 4 is 5.82 Å². The summed E-state index contributed by atoms with van der Waals surface area (Å²) in [5, 5.41) is 0. The third-order valence-corrected chi connectivity index (χ3v) is 3.74. The van der Waals surface area contributed by atoms with Crippen LogP contribution in [0.3, 0.4) is 0 Å². The molecule has 18 heavy (non-hydrogen) atoms. The van der Waals surface area contributed by atoms with Gasteiger partial charge >= 0.3 is 0 Å². The monoisotopic (exact) mass is 248 g/mol. The largest absolute Gasteiger partial charge is 0.354 e. The van der Waals surface area contributed by atoms with Crippen LogP contribution in [0, 0.1) is 6.92 Å². The molecule has 0 unspecified atom stereocenters. The number of hydrogen-bond donors (Lipinski definition) is 1. The Kier molecular flexibility index (Phi) is 4.19. The number of likely N-dealkylation sites (N-methyl/N-ethyl adjacent to an activating group) is 1. The van der Waals surface area contributed by atoms with Gasteiger partial charge in [0.25, 0.3) is 0 Å². The highest BCUT2D eigenvalue weighted by atomic mass is 15.3. The van der Waals surface area contributed by atoms with Crippen LogP contribution >= 0.6 is 0 Å². The van der Waals surface area contributed by atoms with Gasteiger partial charge in [-0.15, -0.1) is 0 Å². The van der Waals surface area contributed by atoms with E-state index in [-0.39, 0.29) is 6.04 Å². The van der Waals surface area contributed by atoms with Crippen molar-refractivity contribution in [1.29, 1.82) is 0 Å². The van der Waals surface area contributed by atoms with E-state index in [0.29, 0.717) is 0 Å². The van der Waals surface area contributed by atoms with Gasteiger partial charge in [-0.3, -0.25) is 0 Å². The fraction of sp³-hybridized carbons (Fsp3) is 0.643. The Morgan fingerprint density at radius 1 is 1.33 bits per heavy atom. The molecule has 0 spiro atoms. The molecule has 2 rings (SSSR count). The first-order valence-electron chi connectivity index (χ1n) is 6.77.